The number of halogens is 3. The molecule has 9 heteroatoms. The summed E-state index contributed by atoms with van der Waals surface area (Å²) in [6.45, 7) is 0.0144. The molecule has 0 radical (unpaired) electrons. The van der Waals surface area contributed by atoms with Crippen molar-refractivity contribution in [2.75, 3.05) is 0 Å². The van der Waals surface area contributed by atoms with Gasteiger partial charge in [-0.25, -0.2) is 4.79 Å². The third-order valence-electron chi connectivity index (χ3n) is 3.05. The van der Waals surface area contributed by atoms with Crippen LogP contribution >= 0.6 is 0 Å². The van der Waals surface area contributed by atoms with E-state index >= 15 is 0 Å². The molecule has 25 heavy (non-hydrogen) atoms. The van der Waals surface area contributed by atoms with Crippen molar-refractivity contribution in [2.45, 2.75) is 12.8 Å². The fourth-order valence-corrected chi connectivity index (χ4v) is 1.87. The van der Waals surface area contributed by atoms with E-state index in [9.17, 15) is 23.1 Å². The minimum Gasteiger partial charge on any atom is -0.502 e. The monoisotopic (exact) mass is 354 g/mol. The minimum atomic E-state index is -5.28. The Kier molecular flexibility index (Phi) is 5.16. The molecule has 0 amide bonds. The van der Waals surface area contributed by atoms with Crippen LogP contribution in [-0.2, 0) is 11.4 Å². The van der Waals surface area contributed by atoms with Gasteiger partial charge < -0.3 is 20.3 Å². The van der Waals surface area contributed by atoms with E-state index in [0.29, 0.717) is 0 Å². The van der Waals surface area contributed by atoms with Crippen LogP contribution in [0.4, 0.5) is 13.2 Å². The fraction of sp³-hybridized carbons (Fsp3) is 0.125. The number of nitrogens with one attached hydrogen (secondary N) is 1. The molecule has 0 aromatic heterocycles. The first-order valence-electron chi connectivity index (χ1n) is 6.86. The van der Waals surface area contributed by atoms with Crippen molar-refractivity contribution in [1.82, 2.24) is 0 Å². The van der Waals surface area contributed by atoms with E-state index in [0.717, 1.165) is 11.6 Å². The molecule has 0 spiro atoms. The number of benzene rings is 2. The van der Waals surface area contributed by atoms with Gasteiger partial charge in [-0.3, -0.25) is 5.41 Å². The molecule has 0 unspecified atom stereocenters. The zero-order valence-electron chi connectivity index (χ0n) is 12.6. The number of hydrogen-bond acceptors (Lipinski definition) is 5. The minimum absolute atomic E-state index is 0.0144. The van der Waals surface area contributed by atoms with E-state index in [1.807, 2.05) is 0 Å². The van der Waals surface area contributed by atoms with Gasteiger partial charge >= 0.3 is 12.1 Å². The number of esters is 1. The smallest absolute Gasteiger partial charge is 0.491 e. The predicted octanol–water partition coefficient (Wildman–Crippen LogP) is 2.72. The van der Waals surface area contributed by atoms with Gasteiger partial charge in [0.15, 0.2) is 11.5 Å². The number of phenolic OH excluding ortho intramolecular Hbond substituents is 1. The lowest BCUT2D eigenvalue weighted by molar-refractivity contribution is -0.189. The van der Waals surface area contributed by atoms with Gasteiger partial charge in [-0.1, -0.05) is 30.3 Å². The molecule has 0 atom stereocenters. The van der Waals surface area contributed by atoms with E-state index in [1.165, 1.54) is 6.07 Å². The number of carbonyl (C=O) groups is 1. The summed E-state index contributed by atoms with van der Waals surface area (Å²) in [6.07, 6.45) is -5.28. The highest BCUT2D eigenvalue weighted by Crippen LogP contribution is 2.40. The van der Waals surface area contributed by atoms with Crippen LogP contribution in [0.25, 0.3) is 0 Å². The predicted molar refractivity (Wildman–Crippen MR) is 81.6 cm³/mol. The van der Waals surface area contributed by atoms with Gasteiger partial charge in [0.05, 0.1) is 5.56 Å². The standard InChI is InChI=1S/C16H13F3N2O4/c17-16(18,19)15(23)25-13-10(14(20)21)6-7-11(12(13)22)24-8-9-4-2-1-3-5-9/h1-7,22H,8H2,(H3,20,21). The molecule has 2 aromatic rings. The molecule has 0 heterocycles. The Morgan fingerprint density at radius 1 is 1.16 bits per heavy atom. The SMILES string of the molecule is N=C(N)c1ccc(OCc2ccccc2)c(O)c1OC(=O)C(F)(F)F. The van der Waals surface area contributed by atoms with Crippen LogP contribution in [0.5, 0.6) is 17.2 Å². The second-order valence-corrected chi connectivity index (χ2v) is 4.86. The maximum Gasteiger partial charge on any atom is 0.491 e. The molecular formula is C16H13F3N2O4. The third kappa shape index (κ3) is 4.40. The van der Waals surface area contributed by atoms with Crippen LogP contribution in [0.1, 0.15) is 11.1 Å². The number of alkyl halides is 3. The van der Waals surface area contributed by atoms with Crippen molar-refractivity contribution < 1.29 is 32.5 Å². The summed E-state index contributed by atoms with van der Waals surface area (Å²) in [5.74, 6) is -5.21. The Labute approximate surface area is 140 Å². The van der Waals surface area contributed by atoms with Gasteiger partial charge in [-0.15, -0.1) is 0 Å². The molecule has 0 bridgehead atoms. The average Bonchev–Trinajstić information content (AvgIpc) is 2.55. The first kappa shape index (κ1) is 18.1. The first-order valence-corrected chi connectivity index (χ1v) is 6.86. The lowest BCUT2D eigenvalue weighted by Gasteiger charge is -2.15. The molecule has 2 rings (SSSR count). The summed E-state index contributed by atoms with van der Waals surface area (Å²) in [7, 11) is 0. The van der Waals surface area contributed by atoms with Crippen LogP contribution in [0, 0.1) is 5.41 Å². The van der Waals surface area contributed by atoms with Crippen molar-refractivity contribution >= 4 is 11.8 Å². The molecule has 0 saturated heterocycles. The summed E-state index contributed by atoms with van der Waals surface area (Å²) in [6, 6.07) is 11.1. The van der Waals surface area contributed by atoms with Gasteiger partial charge in [0.25, 0.3) is 0 Å². The zero-order chi connectivity index (χ0) is 18.6. The fourth-order valence-electron chi connectivity index (χ4n) is 1.87. The number of rotatable bonds is 5. The Balaban J connectivity index is 2.32. The number of nitrogen functional groups attached to an aromatic ring is 1. The highest BCUT2D eigenvalue weighted by atomic mass is 19.4. The van der Waals surface area contributed by atoms with Gasteiger partial charge in [-0.2, -0.15) is 13.2 Å². The molecule has 0 aliphatic rings. The van der Waals surface area contributed by atoms with Crippen molar-refractivity contribution in [3.05, 3.63) is 53.6 Å². The highest BCUT2D eigenvalue weighted by Gasteiger charge is 2.42. The molecule has 4 N–H and O–H groups in total. The maximum absolute atomic E-state index is 12.4. The van der Waals surface area contributed by atoms with Crippen LogP contribution in [0.2, 0.25) is 0 Å². The molecule has 132 valence electrons. The first-order chi connectivity index (χ1) is 11.7. The number of hydrogen-bond donors (Lipinski definition) is 3. The normalized spacial score (nSPS) is 11.0. The summed E-state index contributed by atoms with van der Waals surface area (Å²) in [5, 5.41) is 17.4. The number of phenols is 1. The van der Waals surface area contributed by atoms with Crippen molar-refractivity contribution in [3.8, 4) is 17.2 Å². The van der Waals surface area contributed by atoms with Gasteiger partial charge in [0, 0.05) is 0 Å². The Morgan fingerprint density at radius 2 is 1.80 bits per heavy atom. The number of amidine groups is 1. The summed E-state index contributed by atoms with van der Waals surface area (Å²) in [5.41, 5.74) is 5.61. The third-order valence-corrected chi connectivity index (χ3v) is 3.05. The number of aromatic hydroxyl groups is 1. The molecule has 0 fully saturated rings. The molecular weight excluding hydrogens is 341 g/mol. The second kappa shape index (κ2) is 7.12. The molecule has 0 aliphatic heterocycles. The summed E-state index contributed by atoms with van der Waals surface area (Å²) in [4.78, 5) is 11.0. The Hall–Kier alpha value is -3.23. The van der Waals surface area contributed by atoms with Crippen LogP contribution in [0.15, 0.2) is 42.5 Å². The van der Waals surface area contributed by atoms with E-state index < -0.39 is 29.5 Å². The summed E-state index contributed by atoms with van der Waals surface area (Å²) >= 11 is 0. The Bertz CT molecular complexity index is 792. The number of carbonyl (C=O) groups excluding carboxylic acids is 1. The molecule has 0 saturated carbocycles. The van der Waals surface area contributed by atoms with Crippen LogP contribution in [0.3, 0.4) is 0 Å². The quantitative estimate of drug-likeness (QED) is 0.331. The van der Waals surface area contributed by atoms with Crippen LogP contribution in [-0.4, -0.2) is 23.1 Å². The summed E-state index contributed by atoms with van der Waals surface area (Å²) < 4.78 is 46.7. The largest absolute Gasteiger partial charge is 0.502 e. The lowest BCUT2D eigenvalue weighted by atomic mass is 10.1. The molecule has 0 aliphatic carbocycles. The van der Waals surface area contributed by atoms with Crippen molar-refractivity contribution in [3.63, 3.8) is 0 Å². The van der Waals surface area contributed by atoms with E-state index in [4.69, 9.17) is 15.9 Å². The lowest BCUT2D eigenvalue weighted by Crippen LogP contribution is -2.29. The van der Waals surface area contributed by atoms with Crippen molar-refractivity contribution in [2.24, 2.45) is 5.73 Å². The van der Waals surface area contributed by atoms with E-state index in [2.05, 4.69) is 4.74 Å². The van der Waals surface area contributed by atoms with E-state index in [-0.39, 0.29) is 17.9 Å². The van der Waals surface area contributed by atoms with Gasteiger partial charge in [0.2, 0.25) is 5.75 Å². The van der Waals surface area contributed by atoms with Crippen LogP contribution < -0.4 is 15.2 Å². The Morgan fingerprint density at radius 3 is 2.36 bits per heavy atom. The van der Waals surface area contributed by atoms with Gasteiger partial charge in [0.1, 0.15) is 12.4 Å². The van der Waals surface area contributed by atoms with Crippen molar-refractivity contribution in [1.29, 1.82) is 5.41 Å². The topological polar surface area (TPSA) is 106 Å². The average molecular weight is 354 g/mol. The maximum atomic E-state index is 12.4. The zero-order valence-corrected chi connectivity index (χ0v) is 12.6. The van der Waals surface area contributed by atoms with E-state index in [1.54, 1.807) is 30.3 Å². The number of nitrogens with two attached hydrogens (primary N) is 1. The molecule has 2 aromatic carbocycles. The molecule has 6 nitrogen and oxygen atoms in total. The highest BCUT2D eigenvalue weighted by molar-refractivity contribution is 5.99. The van der Waals surface area contributed by atoms with Gasteiger partial charge in [-0.05, 0) is 17.7 Å². The number of ether oxygens (including phenoxy) is 2. The second-order valence-electron chi connectivity index (χ2n) is 4.86.